The molecule has 0 aliphatic rings. The predicted molar refractivity (Wildman–Crippen MR) is 51.1 cm³/mol. The molecule has 0 aromatic rings. The average molecular weight is 212 g/mol. The van der Waals surface area contributed by atoms with Gasteiger partial charge in [-0.25, -0.2) is 0 Å². The molecular formula is C9H19F3N2. The summed E-state index contributed by atoms with van der Waals surface area (Å²) in [5.74, 6) is 0. The smallest absolute Gasteiger partial charge is 0.330 e. The van der Waals surface area contributed by atoms with Gasteiger partial charge >= 0.3 is 6.18 Å². The Bertz CT molecular complexity index is 147. The van der Waals surface area contributed by atoms with Crippen LogP contribution >= 0.6 is 0 Å². The van der Waals surface area contributed by atoms with Gasteiger partial charge in [0.15, 0.2) is 0 Å². The highest BCUT2D eigenvalue weighted by Gasteiger charge is 2.32. The molecule has 5 heteroatoms. The Hall–Kier alpha value is -0.290. The van der Waals surface area contributed by atoms with E-state index in [2.05, 4.69) is 0 Å². The number of hydrogen-bond acceptors (Lipinski definition) is 2. The molecule has 2 N–H and O–H groups in total. The fraction of sp³-hybridized carbons (Fsp3) is 1.00. The predicted octanol–water partition coefficient (Wildman–Crippen LogP) is 2.00. The van der Waals surface area contributed by atoms with Gasteiger partial charge in [-0.05, 0) is 25.9 Å². The molecule has 0 rings (SSSR count). The molecule has 0 saturated heterocycles. The molecule has 0 spiro atoms. The zero-order valence-electron chi connectivity index (χ0n) is 8.77. The first-order valence-corrected chi connectivity index (χ1v) is 4.95. The maximum absolute atomic E-state index is 12.2. The van der Waals surface area contributed by atoms with Crippen molar-refractivity contribution in [3.8, 4) is 0 Å². The third-order valence-electron chi connectivity index (χ3n) is 2.28. The van der Waals surface area contributed by atoms with Gasteiger partial charge in [-0.3, -0.25) is 4.90 Å². The standard InChI is InChI=1S/C9H19F3N2/c1-3-8(5-6-13)14(4-2)7-9(10,11)12/h8H,3-7,13H2,1-2H3. The molecule has 2 nitrogen and oxygen atoms in total. The molecule has 0 amide bonds. The van der Waals surface area contributed by atoms with Crippen LogP contribution in [0.5, 0.6) is 0 Å². The van der Waals surface area contributed by atoms with Crippen LogP contribution < -0.4 is 5.73 Å². The van der Waals surface area contributed by atoms with Crippen LogP contribution in [-0.2, 0) is 0 Å². The summed E-state index contributed by atoms with van der Waals surface area (Å²) in [4.78, 5) is 1.44. The van der Waals surface area contributed by atoms with Gasteiger partial charge < -0.3 is 5.73 Å². The van der Waals surface area contributed by atoms with Gasteiger partial charge in [-0.2, -0.15) is 13.2 Å². The van der Waals surface area contributed by atoms with E-state index in [4.69, 9.17) is 5.73 Å². The Morgan fingerprint density at radius 3 is 2.14 bits per heavy atom. The maximum Gasteiger partial charge on any atom is 0.401 e. The topological polar surface area (TPSA) is 29.3 Å². The van der Waals surface area contributed by atoms with Crippen LogP contribution in [0.15, 0.2) is 0 Å². The van der Waals surface area contributed by atoms with Crippen LogP contribution in [0.1, 0.15) is 26.7 Å². The molecule has 0 heterocycles. The third-order valence-corrected chi connectivity index (χ3v) is 2.28. The second kappa shape index (κ2) is 6.24. The van der Waals surface area contributed by atoms with E-state index in [0.717, 1.165) is 0 Å². The van der Waals surface area contributed by atoms with Crippen molar-refractivity contribution in [3.63, 3.8) is 0 Å². The van der Waals surface area contributed by atoms with E-state index in [1.54, 1.807) is 6.92 Å². The minimum atomic E-state index is -4.11. The van der Waals surface area contributed by atoms with E-state index in [1.165, 1.54) is 4.90 Å². The zero-order valence-corrected chi connectivity index (χ0v) is 8.77. The number of alkyl halides is 3. The van der Waals surface area contributed by atoms with Crippen LogP contribution in [0.3, 0.4) is 0 Å². The minimum absolute atomic E-state index is 0.0494. The number of nitrogens with zero attached hydrogens (tertiary/aromatic N) is 1. The summed E-state index contributed by atoms with van der Waals surface area (Å²) in [6.45, 7) is 3.65. The molecule has 0 aliphatic carbocycles. The van der Waals surface area contributed by atoms with Crippen molar-refractivity contribution >= 4 is 0 Å². The highest BCUT2D eigenvalue weighted by Crippen LogP contribution is 2.19. The van der Waals surface area contributed by atoms with Crippen molar-refractivity contribution in [1.29, 1.82) is 0 Å². The zero-order chi connectivity index (χ0) is 11.2. The summed E-state index contributed by atoms with van der Waals surface area (Å²) >= 11 is 0. The lowest BCUT2D eigenvalue weighted by Crippen LogP contribution is -2.42. The highest BCUT2D eigenvalue weighted by molar-refractivity contribution is 4.72. The van der Waals surface area contributed by atoms with E-state index in [0.29, 0.717) is 25.9 Å². The first kappa shape index (κ1) is 13.7. The Morgan fingerprint density at radius 1 is 1.29 bits per heavy atom. The van der Waals surface area contributed by atoms with E-state index in [-0.39, 0.29) is 6.04 Å². The first-order chi connectivity index (χ1) is 6.44. The van der Waals surface area contributed by atoms with Gasteiger partial charge in [0.2, 0.25) is 0 Å². The maximum atomic E-state index is 12.2. The Morgan fingerprint density at radius 2 is 1.86 bits per heavy atom. The van der Waals surface area contributed by atoms with Crippen molar-refractivity contribution < 1.29 is 13.2 Å². The van der Waals surface area contributed by atoms with Gasteiger partial charge in [0, 0.05) is 6.04 Å². The van der Waals surface area contributed by atoms with Crippen molar-refractivity contribution in [1.82, 2.24) is 4.90 Å². The second-order valence-electron chi connectivity index (χ2n) is 3.32. The van der Waals surface area contributed by atoms with E-state index < -0.39 is 12.7 Å². The Balaban J connectivity index is 4.21. The molecule has 0 radical (unpaired) electrons. The molecule has 0 bridgehead atoms. The highest BCUT2D eigenvalue weighted by atomic mass is 19.4. The molecule has 86 valence electrons. The van der Waals surface area contributed by atoms with E-state index in [1.807, 2.05) is 6.92 Å². The molecule has 14 heavy (non-hydrogen) atoms. The summed E-state index contributed by atoms with van der Waals surface area (Å²) in [6.07, 6.45) is -2.78. The quantitative estimate of drug-likeness (QED) is 0.729. The molecule has 0 fully saturated rings. The molecule has 0 aromatic carbocycles. The van der Waals surface area contributed by atoms with Crippen LogP contribution in [0, 0.1) is 0 Å². The molecule has 1 unspecified atom stereocenters. The first-order valence-electron chi connectivity index (χ1n) is 4.95. The van der Waals surface area contributed by atoms with Crippen LogP contribution in [0.25, 0.3) is 0 Å². The summed E-state index contributed by atoms with van der Waals surface area (Å²) in [7, 11) is 0. The van der Waals surface area contributed by atoms with Crippen LogP contribution in [-0.4, -0.2) is 36.8 Å². The number of hydrogen-bond donors (Lipinski definition) is 1. The van der Waals surface area contributed by atoms with Crippen LogP contribution in [0.4, 0.5) is 13.2 Å². The normalized spacial score (nSPS) is 14.8. The third kappa shape index (κ3) is 5.44. The Kier molecular flexibility index (Phi) is 6.11. The van der Waals surface area contributed by atoms with Gasteiger partial charge in [0.1, 0.15) is 0 Å². The van der Waals surface area contributed by atoms with E-state index in [9.17, 15) is 13.2 Å². The van der Waals surface area contributed by atoms with Crippen LogP contribution in [0.2, 0.25) is 0 Å². The Labute approximate surface area is 83.3 Å². The molecular weight excluding hydrogens is 193 g/mol. The average Bonchev–Trinajstić information content (AvgIpc) is 2.09. The molecule has 0 aromatic heterocycles. The second-order valence-corrected chi connectivity index (χ2v) is 3.32. The van der Waals surface area contributed by atoms with E-state index >= 15 is 0 Å². The monoisotopic (exact) mass is 212 g/mol. The summed E-state index contributed by atoms with van der Waals surface area (Å²) in [5, 5.41) is 0. The lowest BCUT2D eigenvalue weighted by molar-refractivity contribution is -0.150. The fourth-order valence-electron chi connectivity index (χ4n) is 1.57. The summed E-state index contributed by atoms with van der Waals surface area (Å²) < 4.78 is 36.5. The van der Waals surface area contributed by atoms with Gasteiger partial charge in [-0.1, -0.05) is 13.8 Å². The SMILES string of the molecule is CCC(CCN)N(CC)CC(F)(F)F. The van der Waals surface area contributed by atoms with Crippen molar-refractivity contribution in [3.05, 3.63) is 0 Å². The molecule has 1 atom stereocenters. The largest absolute Gasteiger partial charge is 0.401 e. The lowest BCUT2D eigenvalue weighted by Gasteiger charge is -2.30. The number of rotatable bonds is 6. The summed E-state index contributed by atoms with van der Waals surface area (Å²) in [6, 6.07) is -0.0494. The summed E-state index contributed by atoms with van der Waals surface area (Å²) in [5.41, 5.74) is 5.35. The lowest BCUT2D eigenvalue weighted by atomic mass is 10.1. The van der Waals surface area contributed by atoms with Crippen molar-refractivity contribution in [2.75, 3.05) is 19.6 Å². The van der Waals surface area contributed by atoms with Crippen molar-refractivity contribution in [2.45, 2.75) is 38.9 Å². The van der Waals surface area contributed by atoms with Gasteiger partial charge in [0.25, 0.3) is 0 Å². The number of halogens is 3. The molecule has 0 saturated carbocycles. The fourth-order valence-corrected chi connectivity index (χ4v) is 1.57. The molecule has 0 aliphatic heterocycles. The van der Waals surface area contributed by atoms with Gasteiger partial charge in [0.05, 0.1) is 6.54 Å². The van der Waals surface area contributed by atoms with Gasteiger partial charge in [-0.15, -0.1) is 0 Å². The minimum Gasteiger partial charge on any atom is -0.330 e. The van der Waals surface area contributed by atoms with Crippen molar-refractivity contribution in [2.24, 2.45) is 5.73 Å². The number of nitrogens with two attached hydrogens (primary N) is 1.